The van der Waals surface area contributed by atoms with Gasteiger partial charge in [-0.05, 0) is 49.7 Å². The minimum absolute atomic E-state index is 0.155. The number of aromatic nitrogens is 3. The van der Waals surface area contributed by atoms with Crippen LogP contribution in [-0.2, 0) is 6.54 Å². The van der Waals surface area contributed by atoms with Crippen LogP contribution in [0.3, 0.4) is 0 Å². The molecule has 1 N–H and O–H groups in total. The molecule has 1 unspecified atom stereocenters. The molecule has 7 nitrogen and oxygen atoms in total. The van der Waals surface area contributed by atoms with Crippen LogP contribution in [0.15, 0.2) is 36.4 Å². The van der Waals surface area contributed by atoms with E-state index in [1.165, 1.54) is 0 Å². The topological polar surface area (TPSA) is 78.3 Å². The van der Waals surface area contributed by atoms with Gasteiger partial charge in [-0.2, -0.15) is 0 Å². The van der Waals surface area contributed by atoms with Crippen molar-refractivity contribution in [3.63, 3.8) is 0 Å². The van der Waals surface area contributed by atoms with Crippen LogP contribution >= 0.6 is 0 Å². The van der Waals surface area contributed by atoms with E-state index < -0.39 is 0 Å². The van der Waals surface area contributed by atoms with E-state index in [0.717, 1.165) is 23.4 Å². The summed E-state index contributed by atoms with van der Waals surface area (Å²) in [5.74, 6) is 1.28. The van der Waals surface area contributed by atoms with E-state index in [9.17, 15) is 4.79 Å². The van der Waals surface area contributed by atoms with Gasteiger partial charge in [-0.1, -0.05) is 11.3 Å². The second kappa shape index (κ2) is 6.08. The maximum atomic E-state index is 12.6. The number of carbonyl (C=O) groups is 1. The summed E-state index contributed by atoms with van der Waals surface area (Å²) in [5, 5.41) is 11.2. The third kappa shape index (κ3) is 2.77. The fourth-order valence-electron chi connectivity index (χ4n) is 2.89. The molecule has 2 heterocycles. The first-order chi connectivity index (χ1) is 12.2. The lowest BCUT2D eigenvalue weighted by molar-refractivity contribution is 0.0940. The Bertz CT molecular complexity index is 951. The molecule has 25 heavy (non-hydrogen) atoms. The lowest BCUT2D eigenvalue weighted by atomic mass is 10.1. The molecule has 0 aliphatic carbocycles. The fourth-order valence-corrected chi connectivity index (χ4v) is 2.89. The van der Waals surface area contributed by atoms with Gasteiger partial charge in [-0.25, -0.2) is 4.68 Å². The Morgan fingerprint density at radius 1 is 1.24 bits per heavy atom. The summed E-state index contributed by atoms with van der Waals surface area (Å²) < 4.78 is 12.5. The summed E-state index contributed by atoms with van der Waals surface area (Å²) in [6, 6.07) is 10.9. The highest BCUT2D eigenvalue weighted by Crippen LogP contribution is 2.34. The number of amides is 1. The van der Waals surface area contributed by atoms with Crippen LogP contribution in [-0.4, -0.2) is 27.7 Å². The van der Waals surface area contributed by atoms with Gasteiger partial charge in [0.25, 0.3) is 5.91 Å². The van der Waals surface area contributed by atoms with Crippen molar-refractivity contribution >= 4 is 16.9 Å². The first kappa shape index (κ1) is 15.4. The molecule has 1 aliphatic heterocycles. The van der Waals surface area contributed by atoms with Crippen molar-refractivity contribution in [2.24, 2.45) is 0 Å². The fraction of sp³-hybridized carbons (Fsp3) is 0.278. The van der Waals surface area contributed by atoms with E-state index >= 15 is 0 Å². The molecular formula is C18H18N4O3. The molecule has 1 amide bonds. The number of nitrogens with zero attached hydrogens (tertiary/aromatic N) is 3. The van der Waals surface area contributed by atoms with Gasteiger partial charge in [-0.15, -0.1) is 5.10 Å². The van der Waals surface area contributed by atoms with Crippen molar-refractivity contribution in [1.82, 2.24) is 20.3 Å². The van der Waals surface area contributed by atoms with E-state index in [4.69, 9.17) is 9.47 Å². The van der Waals surface area contributed by atoms with Gasteiger partial charge < -0.3 is 14.8 Å². The van der Waals surface area contributed by atoms with Crippen molar-refractivity contribution in [3.8, 4) is 11.5 Å². The normalized spacial score (nSPS) is 13.8. The minimum atomic E-state index is -0.163. The Hall–Kier alpha value is -3.09. The van der Waals surface area contributed by atoms with Gasteiger partial charge >= 0.3 is 0 Å². The van der Waals surface area contributed by atoms with Gasteiger partial charge in [0.15, 0.2) is 11.5 Å². The summed E-state index contributed by atoms with van der Waals surface area (Å²) in [7, 11) is 0. The van der Waals surface area contributed by atoms with Crippen LogP contribution in [0.4, 0.5) is 0 Å². The van der Waals surface area contributed by atoms with Crippen molar-refractivity contribution in [1.29, 1.82) is 0 Å². The molecule has 4 rings (SSSR count). The molecule has 0 spiro atoms. The average molecular weight is 338 g/mol. The quantitative estimate of drug-likeness (QED) is 0.791. The Morgan fingerprint density at radius 2 is 2.08 bits per heavy atom. The van der Waals surface area contributed by atoms with E-state index in [1.807, 2.05) is 38.1 Å². The monoisotopic (exact) mass is 338 g/mol. The van der Waals surface area contributed by atoms with Gasteiger partial charge in [0.1, 0.15) is 5.52 Å². The van der Waals surface area contributed by atoms with E-state index in [0.29, 0.717) is 16.8 Å². The number of nitrogens with one attached hydrogen (secondary N) is 1. The number of fused-ring (bicyclic) bond motifs is 2. The highest BCUT2D eigenvalue weighted by molar-refractivity contribution is 5.97. The molecular weight excluding hydrogens is 320 g/mol. The van der Waals surface area contributed by atoms with Crippen LogP contribution in [0.1, 0.15) is 35.8 Å². The van der Waals surface area contributed by atoms with Crippen molar-refractivity contribution in [2.45, 2.75) is 26.4 Å². The average Bonchev–Trinajstić information content (AvgIpc) is 3.26. The minimum Gasteiger partial charge on any atom is -0.454 e. The lowest BCUT2D eigenvalue weighted by Crippen LogP contribution is -2.26. The number of rotatable bonds is 4. The van der Waals surface area contributed by atoms with E-state index in [2.05, 4.69) is 15.6 Å². The Kier molecular flexibility index (Phi) is 3.76. The highest BCUT2D eigenvalue weighted by Gasteiger charge is 2.18. The SMILES string of the molecule is CCn1nnc2cc(C(=O)NC(C)c3ccc4c(c3)OCO4)ccc21. The van der Waals surface area contributed by atoms with Crippen molar-refractivity contribution in [3.05, 3.63) is 47.5 Å². The Balaban J connectivity index is 1.53. The van der Waals surface area contributed by atoms with E-state index in [1.54, 1.807) is 16.8 Å². The standard InChI is InChI=1S/C18H18N4O3/c1-3-22-15-6-4-13(8-14(15)20-21-22)18(23)19-11(2)12-5-7-16-17(9-12)25-10-24-16/h4-9,11H,3,10H2,1-2H3,(H,19,23). The van der Waals surface area contributed by atoms with Crippen LogP contribution in [0.25, 0.3) is 11.0 Å². The molecule has 1 aliphatic rings. The first-order valence-electron chi connectivity index (χ1n) is 8.19. The molecule has 1 atom stereocenters. The smallest absolute Gasteiger partial charge is 0.251 e. The largest absolute Gasteiger partial charge is 0.454 e. The number of ether oxygens (including phenoxy) is 2. The van der Waals surface area contributed by atoms with Crippen LogP contribution in [0, 0.1) is 0 Å². The molecule has 0 saturated heterocycles. The summed E-state index contributed by atoms with van der Waals surface area (Å²) >= 11 is 0. The van der Waals surface area contributed by atoms with E-state index in [-0.39, 0.29) is 18.7 Å². The maximum absolute atomic E-state index is 12.6. The number of aryl methyl sites for hydroxylation is 1. The summed E-state index contributed by atoms with van der Waals surface area (Å²) in [6.45, 7) is 4.91. The molecule has 0 radical (unpaired) electrons. The molecule has 2 aromatic carbocycles. The number of carbonyl (C=O) groups excluding carboxylic acids is 1. The van der Waals surface area contributed by atoms with Crippen LogP contribution < -0.4 is 14.8 Å². The predicted molar refractivity (Wildman–Crippen MR) is 91.6 cm³/mol. The molecule has 0 saturated carbocycles. The molecule has 1 aromatic heterocycles. The maximum Gasteiger partial charge on any atom is 0.251 e. The first-order valence-corrected chi connectivity index (χ1v) is 8.19. The van der Waals surface area contributed by atoms with Crippen molar-refractivity contribution in [2.75, 3.05) is 6.79 Å². The molecule has 3 aromatic rings. The zero-order valence-corrected chi connectivity index (χ0v) is 14.0. The van der Waals surface area contributed by atoms with Gasteiger partial charge in [0.05, 0.1) is 11.6 Å². The molecule has 7 heteroatoms. The zero-order valence-electron chi connectivity index (χ0n) is 14.0. The lowest BCUT2D eigenvalue weighted by Gasteiger charge is -2.15. The second-order valence-electron chi connectivity index (χ2n) is 5.92. The zero-order chi connectivity index (χ0) is 17.4. The molecule has 0 bridgehead atoms. The summed E-state index contributed by atoms with van der Waals surface area (Å²) in [4.78, 5) is 12.6. The van der Waals surface area contributed by atoms with Crippen LogP contribution in [0.5, 0.6) is 11.5 Å². The third-order valence-corrected chi connectivity index (χ3v) is 4.32. The highest BCUT2D eigenvalue weighted by atomic mass is 16.7. The number of benzene rings is 2. The Labute approximate surface area is 144 Å². The third-order valence-electron chi connectivity index (χ3n) is 4.32. The van der Waals surface area contributed by atoms with Gasteiger partial charge in [-0.3, -0.25) is 4.79 Å². The molecule has 128 valence electrons. The summed E-state index contributed by atoms with van der Waals surface area (Å²) in [5.41, 5.74) is 3.15. The second-order valence-corrected chi connectivity index (χ2v) is 5.92. The van der Waals surface area contributed by atoms with Gasteiger partial charge in [0.2, 0.25) is 6.79 Å². The Morgan fingerprint density at radius 3 is 2.92 bits per heavy atom. The van der Waals surface area contributed by atoms with Crippen molar-refractivity contribution < 1.29 is 14.3 Å². The van der Waals surface area contributed by atoms with Gasteiger partial charge in [0, 0.05) is 12.1 Å². The number of hydrogen-bond donors (Lipinski definition) is 1. The molecule has 0 fully saturated rings. The van der Waals surface area contributed by atoms with Crippen LogP contribution in [0.2, 0.25) is 0 Å². The predicted octanol–water partition coefficient (Wildman–Crippen LogP) is 2.67. The number of hydrogen-bond acceptors (Lipinski definition) is 5. The summed E-state index contributed by atoms with van der Waals surface area (Å²) in [6.07, 6.45) is 0.